The zero-order valence-corrected chi connectivity index (χ0v) is 8.84. The lowest BCUT2D eigenvalue weighted by Crippen LogP contribution is -2.28. The van der Waals surface area contributed by atoms with E-state index in [1.807, 2.05) is 6.07 Å². The van der Waals surface area contributed by atoms with Crippen molar-refractivity contribution in [3.05, 3.63) is 17.5 Å². The summed E-state index contributed by atoms with van der Waals surface area (Å²) in [5.74, 6) is 0.325. The fourth-order valence-electron chi connectivity index (χ4n) is 1.91. The van der Waals surface area contributed by atoms with Gasteiger partial charge in [-0.2, -0.15) is 5.10 Å². The summed E-state index contributed by atoms with van der Waals surface area (Å²) in [6.45, 7) is 2.06. The molecule has 0 aliphatic carbocycles. The Labute approximate surface area is 88.6 Å². The number of hydrogen-bond acceptors (Lipinski definition) is 3. The van der Waals surface area contributed by atoms with Gasteiger partial charge in [0.2, 0.25) is 0 Å². The van der Waals surface area contributed by atoms with Gasteiger partial charge in [0, 0.05) is 25.2 Å². The predicted octanol–water partition coefficient (Wildman–Crippen LogP) is 0.236. The summed E-state index contributed by atoms with van der Waals surface area (Å²) in [7, 11) is 1.61. The number of carbonyl (C=O) groups is 1. The number of aromatic nitrogens is 2. The van der Waals surface area contributed by atoms with E-state index in [9.17, 15) is 4.79 Å². The van der Waals surface area contributed by atoms with Gasteiger partial charge in [0.15, 0.2) is 0 Å². The highest BCUT2D eigenvalue weighted by atomic mass is 16.1. The second-order valence-corrected chi connectivity index (χ2v) is 3.83. The summed E-state index contributed by atoms with van der Waals surface area (Å²) in [6, 6.07) is 1.84. The fourth-order valence-corrected chi connectivity index (χ4v) is 1.91. The molecule has 15 heavy (non-hydrogen) atoms. The van der Waals surface area contributed by atoms with Crippen molar-refractivity contribution in [1.29, 1.82) is 0 Å². The number of amides is 1. The normalized spacial score (nSPS) is 21.3. The van der Waals surface area contributed by atoms with Crippen LogP contribution in [-0.2, 0) is 0 Å². The van der Waals surface area contributed by atoms with E-state index in [4.69, 9.17) is 0 Å². The summed E-state index contributed by atoms with van der Waals surface area (Å²) in [5.41, 5.74) is 1.53. The van der Waals surface area contributed by atoms with Gasteiger partial charge in [-0.05, 0) is 25.5 Å². The molecule has 5 nitrogen and oxygen atoms in total. The van der Waals surface area contributed by atoms with Crippen LogP contribution in [0.1, 0.15) is 34.9 Å². The third-order valence-corrected chi connectivity index (χ3v) is 2.79. The van der Waals surface area contributed by atoms with Crippen LogP contribution >= 0.6 is 0 Å². The smallest absolute Gasteiger partial charge is 0.271 e. The van der Waals surface area contributed by atoms with Crippen LogP contribution in [0.25, 0.3) is 0 Å². The molecule has 0 unspecified atom stereocenters. The Morgan fingerprint density at radius 1 is 1.67 bits per heavy atom. The van der Waals surface area contributed by atoms with Gasteiger partial charge in [-0.25, -0.2) is 0 Å². The van der Waals surface area contributed by atoms with Crippen molar-refractivity contribution >= 4 is 5.91 Å². The van der Waals surface area contributed by atoms with Crippen LogP contribution in [0, 0.1) is 0 Å². The van der Waals surface area contributed by atoms with Gasteiger partial charge in [0.25, 0.3) is 5.91 Å². The SMILES string of the molecule is CNC(=O)c1cc([C@H]2CCCNC2)[nH]n1. The number of H-pyrrole nitrogens is 1. The van der Waals surface area contributed by atoms with E-state index >= 15 is 0 Å². The molecule has 0 radical (unpaired) electrons. The largest absolute Gasteiger partial charge is 0.354 e. The first-order chi connectivity index (χ1) is 7.31. The average molecular weight is 208 g/mol. The van der Waals surface area contributed by atoms with Crippen molar-refractivity contribution in [1.82, 2.24) is 20.8 Å². The molecule has 1 aromatic heterocycles. The maximum Gasteiger partial charge on any atom is 0.271 e. The number of rotatable bonds is 2. The maximum absolute atomic E-state index is 11.3. The Morgan fingerprint density at radius 3 is 3.20 bits per heavy atom. The Balaban J connectivity index is 2.08. The molecule has 0 saturated carbocycles. The van der Waals surface area contributed by atoms with Gasteiger partial charge in [-0.15, -0.1) is 0 Å². The molecule has 1 saturated heterocycles. The number of aromatic amines is 1. The van der Waals surface area contributed by atoms with Crippen LogP contribution in [0.15, 0.2) is 6.07 Å². The summed E-state index contributed by atoms with van der Waals surface area (Å²) >= 11 is 0. The monoisotopic (exact) mass is 208 g/mol. The van der Waals surface area contributed by atoms with Crippen molar-refractivity contribution in [3.63, 3.8) is 0 Å². The summed E-state index contributed by atoms with van der Waals surface area (Å²) in [4.78, 5) is 11.3. The number of hydrogen-bond donors (Lipinski definition) is 3. The Kier molecular flexibility index (Phi) is 3.01. The minimum atomic E-state index is -0.138. The third-order valence-electron chi connectivity index (χ3n) is 2.79. The van der Waals surface area contributed by atoms with E-state index in [-0.39, 0.29) is 5.91 Å². The van der Waals surface area contributed by atoms with Crippen LogP contribution in [0.5, 0.6) is 0 Å². The van der Waals surface area contributed by atoms with E-state index in [1.165, 1.54) is 6.42 Å². The average Bonchev–Trinajstić information content (AvgIpc) is 2.78. The molecular weight excluding hydrogens is 192 g/mol. The number of nitrogens with one attached hydrogen (secondary N) is 3. The van der Waals surface area contributed by atoms with E-state index in [2.05, 4.69) is 20.8 Å². The first-order valence-corrected chi connectivity index (χ1v) is 5.29. The molecule has 0 bridgehead atoms. The lowest BCUT2D eigenvalue weighted by molar-refractivity contribution is 0.0958. The molecule has 5 heteroatoms. The molecule has 2 heterocycles. The minimum Gasteiger partial charge on any atom is -0.354 e. The quantitative estimate of drug-likeness (QED) is 0.652. The van der Waals surface area contributed by atoms with E-state index in [0.29, 0.717) is 11.6 Å². The molecule has 1 fully saturated rings. The van der Waals surface area contributed by atoms with Crippen LogP contribution in [0.2, 0.25) is 0 Å². The van der Waals surface area contributed by atoms with Gasteiger partial charge in [-0.1, -0.05) is 0 Å². The standard InChI is InChI=1S/C10H16N4O/c1-11-10(15)9-5-8(13-14-9)7-3-2-4-12-6-7/h5,7,12H,2-4,6H2,1H3,(H,11,15)(H,13,14)/t7-/m0/s1. The van der Waals surface area contributed by atoms with E-state index < -0.39 is 0 Å². The van der Waals surface area contributed by atoms with Gasteiger partial charge < -0.3 is 10.6 Å². The van der Waals surface area contributed by atoms with Crippen molar-refractivity contribution in [2.45, 2.75) is 18.8 Å². The molecule has 1 aliphatic rings. The Morgan fingerprint density at radius 2 is 2.53 bits per heavy atom. The van der Waals surface area contributed by atoms with E-state index in [1.54, 1.807) is 7.05 Å². The summed E-state index contributed by atoms with van der Waals surface area (Å²) in [5, 5.41) is 12.8. The zero-order valence-electron chi connectivity index (χ0n) is 8.84. The number of piperidine rings is 1. The molecule has 1 atom stereocenters. The fraction of sp³-hybridized carbons (Fsp3) is 0.600. The highest BCUT2D eigenvalue weighted by molar-refractivity contribution is 5.92. The van der Waals surface area contributed by atoms with Crippen molar-refractivity contribution in [2.24, 2.45) is 0 Å². The lowest BCUT2D eigenvalue weighted by atomic mass is 9.96. The molecule has 2 rings (SSSR count). The van der Waals surface area contributed by atoms with Gasteiger partial charge in [0.05, 0.1) is 0 Å². The first-order valence-electron chi connectivity index (χ1n) is 5.29. The molecule has 1 aromatic rings. The van der Waals surface area contributed by atoms with Crippen molar-refractivity contribution < 1.29 is 4.79 Å². The third kappa shape index (κ3) is 2.18. The van der Waals surface area contributed by atoms with Crippen LogP contribution < -0.4 is 10.6 Å². The Bertz CT molecular complexity index is 341. The lowest BCUT2D eigenvalue weighted by Gasteiger charge is -2.21. The maximum atomic E-state index is 11.3. The van der Waals surface area contributed by atoms with Crippen LogP contribution in [-0.4, -0.2) is 36.2 Å². The molecular formula is C10H16N4O. The molecule has 1 amide bonds. The highest BCUT2D eigenvalue weighted by Gasteiger charge is 2.18. The van der Waals surface area contributed by atoms with Gasteiger partial charge in [0.1, 0.15) is 5.69 Å². The van der Waals surface area contributed by atoms with E-state index in [0.717, 1.165) is 25.2 Å². The second-order valence-electron chi connectivity index (χ2n) is 3.83. The number of nitrogens with zero attached hydrogens (tertiary/aromatic N) is 1. The minimum absolute atomic E-state index is 0.138. The van der Waals surface area contributed by atoms with Crippen LogP contribution in [0.3, 0.4) is 0 Å². The molecule has 1 aliphatic heterocycles. The Hall–Kier alpha value is -1.36. The molecule has 0 aromatic carbocycles. The number of carbonyl (C=O) groups excluding carboxylic acids is 1. The van der Waals surface area contributed by atoms with Crippen LogP contribution in [0.4, 0.5) is 0 Å². The van der Waals surface area contributed by atoms with Gasteiger partial charge in [-0.3, -0.25) is 9.89 Å². The topological polar surface area (TPSA) is 69.8 Å². The molecule has 0 spiro atoms. The molecule has 82 valence electrons. The van der Waals surface area contributed by atoms with Gasteiger partial charge >= 0.3 is 0 Å². The zero-order chi connectivity index (χ0) is 10.7. The van der Waals surface area contributed by atoms with Crippen molar-refractivity contribution in [2.75, 3.05) is 20.1 Å². The second kappa shape index (κ2) is 4.44. The van der Waals surface area contributed by atoms with Crippen molar-refractivity contribution in [3.8, 4) is 0 Å². The highest BCUT2D eigenvalue weighted by Crippen LogP contribution is 2.21. The summed E-state index contributed by atoms with van der Waals surface area (Å²) in [6.07, 6.45) is 2.33. The summed E-state index contributed by atoms with van der Waals surface area (Å²) < 4.78 is 0. The molecule has 3 N–H and O–H groups in total. The first kappa shape index (κ1) is 10.2. The predicted molar refractivity (Wildman–Crippen MR) is 56.8 cm³/mol.